The van der Waals surface area contributed by atoms with Crippen LogP contribution < -0.4 is 10.5 Å². The number of aryl methyl sites for hydroxylation is 1. The van der Waals surface area contributed by atoms with Crippen molar-refractivity contribution in [3.63, 3.8) is 0 Å². The first-order chi connectivity index (χ1) is 9.36. The fraction of sp³-hybridized carbons (Fsp3) is 0.286. The molecule has 1 aromatic heterocycles. The lowest BCUT2D eigenvalue weighted by molar-refractivity contribution is 0.582. The average molecular weight is 310 g/mol. The van der Waals surface area contributed by atoms with Gasteiger partial charge in [0.05, 0.1) is 4.90 Å². The van der Waals surface area contributed by atoms with Crippen molar-refractivity contribution in [3.8, 4) is 0 Å². The van der Waals surface area contributed by atoms with E-state index in [-0.39, 0.29) is 10.9 Å². The van der Waals surface area contributed by atoms with Crippen LogP contribution in [0.4, 0.5) is 0 Å². The summed E-state index contributed by atoms with van der Waals surface area (Å²) in [5.41, 5.74) is 1.03. The van der Waals surface area contributed by atoms with Crippen molar-refractivity contribution < 1.29 is 8.42 Å². The summed E-state index contributed by atoms with van der Waals surface area (Å²) in [7, 11) is -3.61. The highest BCUT2D eigenvalue weighted by molar-refractivity contribution is 7.89. The summed E-state index contributed by atoms with van der Waals surface area (Å²) >= 11 is 1.78. The molecule has 0 fully saturated rings. The molecule has 0 amide bonds. The van der Waals surface area contributed by atoms with Gasteiger partial charge in [-0.3, -0.25) is 0 Å². The van der Waals surface area contributed by atoms with Gasteiger partial charge in [-0.05, 0) is 43.7 Å². The molecule has 1 aromatic carbocycles. The molecule has 0 aliphatic rings. The van der Waals surface area contributed by atoms with Gasteiger partial charge >= 0.3 is 0 Å². The molecular formula is C14H18N2O2S2. The van der Waals surface area contributed by atoms with E-state index in [0.29, 0.717) is 6.54 Å². The van der Waals surface area contributed by atoms with Crippen LogP contribution in [0, 0.1) is 6.92 Å². The predicted molar refractivity (Wildman–Crippen MR) is 82.1 cm³/mol. The molecule has 0 aliphatic carbocycles. The minimum Gasteiger partial charge on any atom is -0.305 e. The number of rotatable bonds is 5. The molecule has 2 aromatic rings. The molecule has 0 saturated heterocycles. The van der Waals surface area contributed by atoms with Crippen LogP contribution in [0.3, 0.4) is 0 Å². The number of sulfonamides is 1. The van der Waals surface area contributed by atoms with E-state index >= 15 is 0 Å². The maximum absolute atomic E-state index is 11.2. The first-order valence-electron chi connectivity index (χ1n) is 6.28. The van der Waals surface area contributed by atoms with Crippen LogP contribution in [-0.4, -0.2) is 8.42 Å². The Hall–Kier alpha value is -1.21. The van der Waals surface area contributed by atoms with Gasteiger partial charge in [0.1, 0.15) is 0 Å². The van der Waals surface area contributed by atoms with Crippen LogP contribution in [0.2, 0.25) is 0 Å². The maximum Gasteiger partial charge on any atom is 0.238 e. The number of benzene rings is 1. The highest BCUT2D eigenvalue weighted by atomic mass is 32.2. The van der Waals surface area contributed by atoms with Crippen molar-refractivity contribution in [1.29, 1.82) is 0 Å². The maximum atomic E-state index is 11.2. The van der Waals surface area contributed by atoms with Crippen molar-refractivity contribution in [2.24, 2.45) is 5.14 Å². The number of nitrogens with one attached hydrogen (secondary N) is 1. The van der Waals surface area contributed by atoms with E-state index in [9.17, 15) is 8.42 Å². The van der Waals surface area contributed by atoms with E-state index < -0.39 is 10.0 Å². The monoisotopic (exact) mass is 310 g/mol. The quantitative estimate of drug-likeness (QED) is 0.891. The number of hydrogen-bond acceptors (Lipinski definition) is 4. The third kappa shape index (κ3) is 3.89. The molecule has 2 rings (SSSR count). The summed E-state index contributed by atoms with van der Waals surface area (Å²) in [5.74, 6) is 0. The Bertz CT molecular complexity index is 675. The minimum absolute atomic E-state index is 0.142. The molecule has 6 heteroatoms. The summed E-state index contributed by atoms with van der Waals surface area (Å²) in [5, 5.41) is 8.48. The molecule has 1 unspecified atom stereocenters. The lowest BCUT2D eigenvalue weighted by atomic mass is 10.2. The number of primary sulfonamides is 1. The van der Waals surface area contributed by atoms with Crippen molar-refractivity contribution in [2.75, 3.05) is 0 Å². The van der Waals surface area contributed by atoms with Crippen LogP contribution in [0.15, 0.2) is 41.3 Å². The van der Waals surface area contributed by atoms with Crippen molar-refractivity contribution >= 4 is 21.4 Å². The normalized spacial score (nSPS) is 13.3. The highest BCUT2D eigenvalue weighted by Gasteiger charge is 2.09. The molecule has 20 heavy (non-hydrogen) atoms. The van der Waals surface area contributed by atoms with Crippen LogP contribution in [0.1, 0.15) is 28.3 Å². The fourth-order valence-electron chi connectivity index (χ4n) is 1.85. The van der Waals surface area contributed by atoms with Gasteiger partial charge in [0.15, 0.2) is 0 Å². The molecular weight excluding hydrogens is 292 g/mol. The molecule has 4 nitrogen and oxygen atoms in total. The third-order valence-electron chi connectivity index (χ3n) is 3.05. The SMILES string of the molecule is Cc1ccc(C(C)NCc2ccc(S(N)(=O)=O)cc2)s1. The Labute approximate surface area is 123 Å². The van der Waals surface area contributed by atoms with E-state index in [4.69, 9.17) is 5.14 Å². The lowest BCUT2D eigenvalue weighted by Gasteiger charge is -2.12. The number of nitrogens with two attached hydrogens (primary N) is 1. The zero-order valence-electron chi connectivity index (χ0n) is 11.5. The van der Waals surface area contributed by atoms with Gasteiger partial charge in [0, 0.05) is 22.3 Å². The smallest absolute Gasteiger partial charge is 0.238 e. The molecule has 1 atom stereocenters. The van der Waals surface area contributed by atoms with Gasteiger partial charge < -0.3 is 5.32 Å². The second-order valence-electron chi connectivity index (χ2n) is 4.74. The molecule has 1 heterocycles. The Balaban J connectivity index is 1.97. The fourth-order valence-corrected chi connectivity index (χ4v) is 3.27. The Kier molecular flexibility index (Phi) is 4.59. The zero-order chi connectivity index (χ0) is 14.8. The van der Waals surface area contributed by atoms with Gasteiger partial charge in [0.25, 0.3) is 0 Å². The predicted octanol–water partition coefficient (Wildman–Crippen LogP) is 2.55. The standard InChI is InChI=1S/C14H18N2O2S2/c1-10-3-8-14(19-10)11(2)16-9-12-4-6-13(7-5-12)20(15,17)18/h3-8,11,16H,9H2,1-2H3,(H2,15,17,18). The van der Waals surface area contributed by atoms with Crippen LogP contribution >= 0.6 is 11.3 Å². The Morgan fingerprint density at radius 2 is 1.85 bits per heavy atom. The summed E-state index contributed by atoms with van der Waals surface area (Å²) in [6, 6.07) is 11.1. The van der Waals surface area contributed by atoms with E-state index in [1.54, 1.807) is 23.5 Å². The van der Waals surface area contributed by atoms with E-state index in [1.807, 2.05) is 0 Å². The van der Waals surface area contributed by atoms with Crippen LogP contribution in [-0.2, 0) is 16.6 Å². The summed E-state index contributed by atoms with van der Waals surface area (Å²) in [6.45, 7) is 4.89. The van der Waals surface area contributed by atoms with Gasteiger partial charge in [-0.1, -0.05) is 12.1 Å². The van der Waals surface area contributed by atoms with Crippen molar-refractivity contribution in [1.82, 2.24) is 5.32 Å². The van der Waals surface area contributed by atoms with Crippen molar-refractivity contribution in [3.05, 3.63) is 51.7 Å². The second kappa shape index (κ2) is 6.05. The second-order valence-corrected chi connectivity index (χ2v) is 7.62. The topological polar surface area (TPSA) is 72.2 Å². The molecule has 0 spiro atoms. The Morgan fingerprint density at radius 3 is 2.35 bits per heavy atom. The highest BCUT2D eigenvalue weighted by Crippen LogP contribution is 2.22. The van der Waals surface area contributed by atoms with E-state index in [1.165, 1.54) is 21.9 Å². The van der Waals surface area contributed by atoms with Crippen LogP contribution in [0.25, 0.3) is 0 Å². The van der Waals surface area contributed by atoms with Gasteiger partial charge in [-0.25, -0.2) is 13.6 Å². The molecule has 0 radical (unpaired) electrons. The third-order valence-corrected chi connectivity index (χ3v) is 5.16. The van der Waals surface area contributed by atoms with Crippen molar-refractivity contribution in [2.45, 2.75) is 31.3 Å². The first kappa shape index (κ1) is 15.2. The van der Waals surface area contributed by atoms with Gasteiger partial charge in [-0.2, -0.15) is 0 Å². The number of hydrogen-bond donors (Lipinski definition) is 2. The lowest BCUT2D eigenvalue weighted by Crippen LogP contribution is -2.17. The Morgan fingerprint density at radius 1 is 1.20 bits per heavy atom. The average Bonchev–Trinajstić information content (AvgIpc) is 2.82. The minimum atomic E-state index is -3.61. The largest absolute Gasteiger partial charge is 0.305 e. The summed E-state index contributed by atoms with van der Waals surface area (Å²) in [6.07, 6.45) is 0. The molecule has 0 aliphatic heterocycles. The molecule has 0 saturated carbocycles. The van der Waals surface area contributed by atoms with E-state index in [0.717, 1.165) is 5.56 Å². The molecule has 3 N–H and O–H groups in total. The van der Waals surface area contributed by atoms with Gasteiger partial charge in [0.2, 0.25) is 10.0 Å². The zero-order valence-corrected chi connectivity index (χ0v) is 13.1. The number of thiophene rings is 1. The first-order valence-corrected chi connectivity index (χ1v) is 8.64. The van der Waals surface area contributed by atoms with E-state index in [2.05, 4.69) is 31.3 Å². The molecule has 0 bridgehead atoms. The van der Waals surface area contributed by atoms with Gasteiger partial charge in [-0.15, -0.1) is 11.3 Å². The van der Waals surface area contributed by atoms with Crippen LogP contribution in [0.5, 0.6) is 0 Å². The molecule has 108 valence electrons. The summed E-state index contributed by atoms with van der Waals surface area (Å²) < 4.78 is 22.3. The summed E-state index contributed by atoms with van der Waals surface area (Å²) in [4.78, 5) is 2.73.